The van der Waals surface area contributed by atoms with Crippen molar-refractivity contribution in [2.45, 2.75) is 68.9 Å². The fourth-order valence-electron chi connectivity index (χ4n) is 4.56. The molecule has 1 heterocycles. The number of carbonyl (C=O) groups is 2. The number of rotatable bonds is 18. The zero-order valence-corrected chi connectivity index (χ0v) is 30.1. The van der Waals surface area contributed by atoms with E-state index in [0.29, 0.717) is 12.8 Å². The molecule has 1 aliphatic heterocycles. The summed E-state index contributed by atoms with van der Waals surface area (Å²) in [5.74, 6) is -1.76. The molecular formula is C19H34N2NaO21S4+. The van der Waals surface area contributed by atoms with Gasteiger partial charge < -0.3 is 19.5 Å². The monoisotopic (exact) mass is 777 g/mol. The van der Waals surface area contributed by atoms with Crippen LogP contribution in [0.2, 0.25) is 0 Å². The van der Waals surface area contributed by atoms with Crippen LogP contribution in [0, 0.1) is 0 Å². The number of methoxy groups -OCH3 is 1. The van der Waals surface area contributed by atoms with Crippen molar-refractivity contribution in [3.8, 4) is 0 Å². The minimum absolute atomic E-state index is 0. The Balaban J connectivity index is 0.0000110. The minimum Gasteiger partial charge on any atom is -0.462 e. The van der Waals surface area contributed by atoms with E-state index in [4.69, 9.17) is 23.3 Å². The van der Waals surface area contributed by atoms with E-state index in [1.807, 2.05) is 0 Å². The first kappa shape index (κ1) is 44.3. The molecule has 1 aliphatic carbocycles. The molecule has 1 amide bonds. The van der Waals surface area contributed by atoms with Gasteiger partial charge in [-0.2, -0.15) is 33.7 Å². The van der Waals surface area contributed by atoms with Crippen LogP contribution in [0.4, 0.5) is 0 Å². The third kappa shape index (κ3) is 18.2. The van der Waals surface area contributed by atoms with Crippen LogP contribution in [-0.2, 0) is 82.1 Å². The van der Waals surface area contributed by atoms with E-state index < -0.39 is 117 Å². The van der Waals surface area contributed by atoms with E-state index >= 15 is 0 Å². The van der Waals surface area contributed by atoms with Crippen molar-refractivity contribution in [2.24, 2.45) is 0 Å². The summed E-state index contributed by atoms with van der Waals surface area (Å²) < 4.78 is 159. The van der Waals surface area contributed by atoms with Crippen LogP contribution in [0.5, 0.6) is 0 Å². The van der Waals surface area contributed by atoms with Crippen molar-refractivity contribution >= 4 is 53.5 Å². The molecule has 28 heteroatoms. The second-order valence-corrected chi connectivity index (χ2v) is 14.0. The summed E-state index contributed by atoms with van der Waals surface area (Å²) >= 11 is 0. The SMILES string of the molecule is CO[C@H]1O[C@H](COC(=O)CN(CCOS(=O)(=O)O)CC(=O)NC2CCCCC2)[C@@H](OS(=O)(=O)O)[C@H](OS(=O)(=O)O)[C@@H]1OS(=O)(=O)O.[Na+]. The van der Waals surface area contributed by atoms with Crippen LogP contribution >= 0.6 is 0 Å². The quantitative estimate of drug-likeness (QED) is 0.0491. The van der Waals surface area contributed by atoms with Crippen LogP contribution in [0.1, 0.15) is 32.1 Å². The molecule has 47 heavy (non-hydrogen) atoms. The summed E-state index contributed by atoms with van der Waals surface area (Å²) in [5, 5.41) is 2.77. The van der Waals surface area contributed by atoms with Crippen LogP contribution < -0.4 is 34.9 Å². The molecule has 0 aromatic rings. The minimum atomic E-state index is -5.59. The topological polar surface area (TPSA) is 332 Å². The zero-order chi connectivity index (χ0) is 34.9. The summed E-state index contributed by atoms with van der Waals surface area (Å²) in [6.07, 6.45) is -7.35. The Labute approximate surface area is 292 Å². The molecule has 0 aromatic carbocycles. The summed E-state index contributed by atoms with van der Waals surface area (Å²) in [5.41, 5.74) is 0. The first-order chi connectivity index (χ1) is 21.0. The standard InChI is InChI=1S/C19H34N2O21S4.Na/c1-36-19-18(42-46(33,34)35)17(41-45(30,31)32)16(40-44(27,28)29)13(39-19)11-37-15(23)10-21(7-8-38-43(24,25)26)9-14(22)20-12-5-3-2-4-6-12;/h12-13,16-19H,2-11H2,1H3,(H,20,22)(H,24,25,26)(H,27,28,29)(H,30,31,32)(H,33,34,35);/q;+1/t13-,16-,17+,18+,19+;/m1./s1. The fourth-order valence-corrected chi connectivity index (χ4v) is 6.34. The van der Waals surface area contributed by atoms with Crippen molar-refractivity contribution in [2.75, 3.05) is 40.0 Å². The van der Waals surface area contributed by atoms with Crippen LogP contribution in [0.25, 0.3) is 0 Å². The number of nitrogens with one attached hydrogen (secondary N) is 1. The number of amides is 1. The van der Waals surface area contributed by atoms with Crippen LogP contribution in [0.15, 0.2) is 0 Å². The van der Waals surface area contributed by atoms with Crippen LogP contribution in [0.3, 0.4) is 0 Å². The smallest absolute Gasteiger partial charge is 0.462 e. The normalized spacial score (nSPS) is 24.8. The molecular weight excluding hydrogens is 743 g/mol. The van der Waals surface area contributed by atoms with Gasteiger partial charge in [-0.25, -0.2) is 16.7 Å². The maximum Gasteiger partial charge on any atom is 1.00 e. The van der Waals surface area contributed by atoms with Gasteiger partial charge in [0.05, 0.1) is 19.7 Å². The molecule has 5 N–H and O–H groups in total. The van der Waals surface area contributed by atoms with Crippen molar-refractivity contribution in [3.63, 3.8) is 0 Å². The molecule has 1 saturated carbocycles. The molecule has 0 bridgehead atoms. The van der Waals surface area contributed by atoms with E-state index in [1.54, 1.807) is 0 Å². The summed E-state index contributed by atoms with van der Waals surface area (Å²) in [6, 6.07) is -0.132. The molecule has 0 radical (unpaired) electrons. The number of carbonyl (C=O) groups excluding carboxylic acids is 2. The summed E-state index contributed by atoms with van der Waals surface area (Å²) in [4.78, 5) is 26.4. The average molecular weight is 778 g/mol. The maximum atomic E-state index is 12.7. The predicted octanol–water partition coefficient (Wildman–Crippen LogP) is -5.96. The predicted molar refractivity (Wildman–Crippen MR) is 145 cm³/mol. The summed E-state index contributed by atoms with van der Waals surface area (Å²) in [7, 11) is -20.7. The molecule has 1 saturated heterocycles. The second kappa shape index (κ2) is 19.1. The zero-order valence-electron chi connectivity index (χ0n) is 24.8. The molecule has 270 valence electrons. The van der Waals surface area contributed by atoms with Gasteiger partial charge in [0.2, 0.25) is 5.91 Å². The number of nitrogens with zero attached hydrogens (tertiary/aromatic N) is 1. The van der Waals surface area contributed by atoms with Gasteiger partial charge in [-0.15, -0.1) is 0 Å². The van der Waals surface area contributed by atoms with Crippen molar-refractivity contribution in [1.29, 1.82) is 0 Å². The maximum absolute atomic E-state index is 12.7. The summed E-state index contributed by atoms with van der Waals surface area (Å²) in [6.45, 7) is -3.48. The third-order valence-corrected chi connectivity index (χ3v) is 8.12. The average Bonchev–Trinajstić information content (AvgIpc) is 2.87. The van der Waals surface area contributed by atoms with Gasteiger partial charge in [-0.05, 0) is 12.8 Å². The number of ether oxygens (including phenoxy) is 3. The number of esters is 1. The van der Waals surface area contributed by atoms with Gasteiger partial charge in [0.15, 0.2) is 12.4 Å². The van der Waals surface area contributed by atoms with E-state index in [0.717, 1.165) is 31.3 Å². The first-order valence-corrected chi connectivity index (χ1v) is 18.5. The first-order valence-electron chi connectivity index (χ1n) is 13.0. The van der Waals surface area contributed by atoms with E-state index in [1.165, 1.54) is 0 Å². The van der Waals surface area contributed by atoms with Crippen LogP contribution in [-0.4, -0.2) is 145 Å². The Morgan fingerprint density at radius 2 is 1.32 bits per heavy atom. The van der Waals surface area contributed by atoms with E-state index in [2.05, 4.69) is 22.0 Å². The Hall–Kier alpha value is -0.700. The van der Waals surface area contributed by atoms with Crippen molar-refractivity contribution in [3.05, 3.63) is 0 Å². The Morgan fingerprint density at radius 1 is 0.787 bits per heavy atom. The van der Waals surface area contributed by atoms with Gasteiger partial charge in [-0.3, -0.25) is 32.7 Å². The number of hydrogen-bond donors (Lipinski definition) is 5. The Bertz CT molecular complexity index is 1470. The molecule has 0 spiro atoms. The second-order valence-electron chi connectivity index (χ2n) is 9.79. The molecule has 2 aliphatic rings. The van der Waals surface area contributed by atoms with E-state index in [-0.39, 0.29) is 35.6 Å². The Morgan fingerprint density at radius 3 is 1.83 bits per heavy atom. The third-order valence-electron chi connectivity index (χ3n) is 6.26. The van der Waals surface area contributed by atoms with Gasteiger partial charge in [0, 0.05) is 19.7 Å². The molecule has 5 atom stereocenters. The number of hydrogen-bond acceptors (Lipinski definition) is 18. The molecule has 23 nitrogen and oxygen atoms in total. The van der Waals surface area contributed by atoms with Gasteiger partial charge in [-0.1, -0.05) is 19.3 Å². The molecule has 0 aromatic heterocycles. The fraction of sp³-hybridized carbons (Fsp3) is 0.895. The van der Waals surface area contributed by atoms with Crippen molar-refractivity contribution in [1.82, 2.24) is 10.2 Å². The van der Waals surface area contributed by atoms with Gasteiger partial charge in [0.1, 0.15) is 24.9 Å². The molecule has 0 unspecified atom stereocenters. The van der Waals surface area contributed by atoms with Gasteiger partial charge >= 0.3 is 77.1 Å². The largest absolute Gasteiger partial charge is 1.00 e. The Kier molecular flexibility index (Phi) is 18.0. The van der Waals surface area contributed by atoms with Crippen molar-refractivity contribution < 1.29 is 122 Å². The van der Waals surface area contributed by atoms with Gasteiger partial charge in [0.25, 0.3) is 0 Å². The molecule has 2 rings (SSSR count). The molecule has 2 fully saturated rings. The van der Waals surface area contributed by atoms with E-state index in [9.17, 15) is 52.4 Å².